The van der Waals surface area contributed by atoms with Gasteiger partial charge in [-0.1, -0.05) is 36.5 Å². The van der Waals surface area contributed by atoms with Crippen LogP contribution in [-0.4, -0.2) is 21.6 Å². The molecular formula is C22H34Cl2CoN6S2. The van der Waals surface area contributed by atoms with Crippen molar-refractivity contribution in [1.82, 2.24) is 10.9 Å². The van der Waals surface area contributed by atoms with E-state index in [1.54, 1.807) is 0 Å². The second-order valence-corrected chi connectivity index (χ2v) is 8.69. The molecule has 2 atom stereocenters. The fourth-order valence-corrected chi connectivity index (χ4v) is 3.18. The van der Waals surface area contributed by atoms with Crippen molar-refractivity contribution >= 4 is 46.1 Å². The van der Waals surface area contributed by atoms with Crippen LogP contribution in [-0.2, 0) is 16.8 Å². The van der Waals surface area contributed by atoms with Gasteiger partial charge in [0.05, 0.1) is 11.4 Å². The predicted octanol–water partition coefficient (Wildman–Crippen LogP) is -1.78. The summed E-state index contributed by atoms with van der Waals surface area (Å²) < 4.78 is 0. The first-order chi connectivity index (χ1) is 14.0. The van der Waals surface area contributed by atoms with Gasteiger partial charge in [-0.05, 0) is 101 Å². The molecule has 11 heteroatoms. The van der Waals surface area contributed by atoms with Crippen LogP contribution in [0.25, 0.3) is 0 Å². The average Bonchev–Trinajstić information content (AvgIpc) is 2.66. The number of nitrogens with two attached hydrogens (primary N) is 2. The summed E-state index contributed by atoms with van der Waals surface area (Å²) in [5, 5.41) is 8.78. The van der Waals surface area contributed by atoms with E-state index in [2.05, 4.69) is 74.1 Å². The molecule has 0 saturated carbocycles. The van der Waals surface area contributed by atoms with Gasteiger partial charge in [-0.15, -0.1) is 0 Å². The van der Waals surface area contributed by atoms with Crippen molar-refractivity contribution in [2.75, 3.05) is 0 Å². The SMILES string of the molecule is C=C(C)C1CC=C(C)/C(=N/NC(N)=S)C1.C=C(C)C1CC=C(C)/C(=N/NC(N)=S)C1.[Cl-].[Cl-].[Co+2]. The molecule has 2 rings (SSSR count). The van der Waals surface area contributed by atoms with Crippen LogP contribution in [0.4, 0.5) is 0 Å². The molecule has 0 spiro atoms. The number of nitrogens with one attached hydrogen (secondary N) is 2. The van der Waals surface area contributed by atoms with Gasteiger partial charge >= 0.3 is 16.8 Å². The van der Waals surface area contributed by atoms with Crippen molar-refractivity contribution in [3.8, 4) is 0 Å². The largest absolute Gasteiger partial charge is 2.00 e. The minimum atomic E-state index is 0. The summed E-state index contributed by atoms with van der Waals surface area (Å²) in [5.41, 5.74) is 22.7. The van der Waals surface area contributed by atoms with E-state index in [0.29, 0.717) is 11.8 Å². The predicted molar refractivity (Wildman–Crippen MR) is 137 cm³/mol. The third-order valence-corrected chi connectivity index (χ3v) is 5.39. The molecular weight excluding hydrogens is 542 g/mol. The Morgan fingerprint density at radius 2 is 1.15 bits per heavy atom. The Bertz CT molecular complexity index is 769. The van der Waals surface area contributed by atoms with Gasteiger partial charge in [0.1, 0.15) is 0 Å². The molecule has 0 aliphatic heterocycles. The zero-order valence-electron chi connectivity index (χ0n) is 19.5. The van der Waals surface area contributed by atoms with Gasteiger partial charge in [-0.3, -0.25) is 10.9 Å². The molecule has 187 valence electrons. The van der Waals surface area contributed by atoms with Crippen LogP contribution < -0.4 is 47.1 Å². The van der Waals surface area contributed by atoms with E-state index in [9.17, 15) is 0 Å². The Hall–Kier alpha value is -1.23. The minimum Gasteiger partial charge on any atom is -1.00 e. The second kappa shape index (κ2) is 18.1. The normalized spacial score (nSPS) is 21.3. The fourth-order valence-electron chi connectivity index (χ4n) is 3.09. The van der Waals surface area contributed by atoms with Crippen LogP contribution in [0.3, 0.4) is 0 Å². The van der Waals surface area contributed by atoms with E-state index in [1.807, 2.05) is 0 Å². The summed E-state index contributed by atoms with van der Waals surface area (Å²) in [7, 11) is 0. The van der Waals surface area contributed by atoms with Gasteiger partial charge in [0.15, 0.2) is 10.2 Å². The molecule has 2 unspecified atom stereocenters. The quantitative estimate of drug-likeness (QED) is 0.180. The van der Waals surface area contributed by atoms with E-state index in [1.165, 1.54) is 22.3 Å². The van der Waals surface area contributed by atoms with Crippen LogP contribution in [0.15, 0.2) is 57.8 Å². The van der Waals surface area contributed by atoms with Crippen LogP contribution in [0.5, 0.6) is 0 Å². The fraction of sp³-hybridized carbons (Fsp3) is 0.455. The topological polar surface area (TPSA) is 101 Å². The van der Waals surface area contributed by atoms with E-state index in [4.69, 9.17) is 35.9 Å². The summed E-state index contributed by atoms with van der Waals surface area (Å²) in [6, 6.07) is 0. The Kier molecular flexibility index (Phi) is 20.0. The number of allylic oxidation sites excluding steroid dienone is 6. The van der Waals surface area contributed by atoms with Crippen molar-refractivity contribution in [1.29, 1.82) is 0 Å². The van der Waals surface area contributed by atoms with E-state index >= 15 is 0 Å². The molecule has 0 fully saturated rings. The van der Waals surface area contributed by atoms with Gasteiger partial charge < -0.3 is 36.3 Å². The third kappa shape index (κ3) is 13.9. The summed E-state index contributed by atoms with van der Waals surface area (Å²) in [6.45, 7) is 16.2. The van der Waals surface area contributed by atoms with Crippen molar-refractivity contribution < 1.29 is 41.6 Å². The van der Waals surface area contributed by atoms with Crippen molar-refractivity contribution in [2.24, 2.45) is 33.5 Å². The molecule has 0 amide bonds. The minimum absolute atomic E-state index is 0. The summed E-state index contributed by atoms with van der Waals surface area (Å²) in [5.74, 6) is 0.973. The number of rotatable bonds is 4. The van der Waals surface area contributed by atoms with Gasteiger partial charge in [0, 0.05) is 0 Å². The number of hydrogen-bond donors (Lipinski definition) is 4. The Labute approximate surface area is 231 Å². The summed E-state index contributed by atoms with van der Waals surface area (Å²) in [6.07, 6.45) is 8.28. The number of nitrogens with zero attached hydrogens (tertiary/aromatic N) is 2. The van der Waals surface area contributed by atoms with Gasteiger partial charge in [-0.2, -0.15) is 10.2 Å². The summed E-state index contributed by atoms with van der Waals surface area (Å²) in [4.78, 5) is 0. The Morgan fingerprint density at radius 1 is 0.848 bits per heavy atom. The first kappa shape index (κ1) is 36.3. The molecule has 0 bridgehead atoms. The molecule has 0 aromatic carbocycles. The smallest absolute Gasteiger partial charge is 1.00 e. The number of hydrogen-bond acceptors (Lipinski definition) is 4. The third-order valence-electron chi connectivity index (χ3n) is 5.20. The van der Waals surface area contributed by atoms with Gasteiger partial charge in [-0.25, -0.2) is 0 Å². The number of thiocarbonyl (C=S) groups is 2. The summed E-state index contributed by atoms with van der Waals surface area (Å²) >= 11 is 9.41. The molecule has 2 aliphatic rings. The molecule has 2 aliphatic carbocycles. The monoisotopic (exact) mass is 575 g/mol. The maximum Gasteiger partial charge on any atom is 2.00 e. The Balaban J connectivity index is -0.000000500. The van der Waals surface area contributed by atoms with Gasteiger partial charge in [0.25, 0.3) is 0 Å². The Morgan fingerprint density at radius 3 is 1.39 bits per heavy atom. The molecule has 6 nitrogen and oxygen atoms in total. The van der Waals surface area contributed by atoms with E-state index in [0.717, 1.165) is 37.1 Å². The molecule has 0 aromatic rings. The number of halogens is 2. The molecule has 0 saturated heterocycles. The zero-order valence-corrected chi connectivity index (χ0v) is 23.7. The van der Waals surface area contributed by atoms with Gasteiger partial charge in [0.2, 0.25) is 0 Å². The zero-order chi connectivity index (χ0) is 22.8. The molecule has 0 aromatic heterocycles. The van der Waals surface area contributed by atoms with Crippen molar-refractivity contribution in [3.63, 3.8) is 0 Å². The molecule has 0 heterocycles. The number of hydrazone groups is 2. The van der Waals surface area contributed by atoms with Crippen LogP contribution in [0.1, 0.15) is 53.4 Å². The van der Waals surface area contributed by atoms with E-state index < -0.39 is 0 Å². The van der Waals surface area contributed by atoms with Crippen molar-refractivity contribution in [3.05, 3.63) is 47.6 Å². The average molecular weight is 577 g/mol. The molecule has 6 N–H and O–H groups in total. The standard InChI is InChI=1S/2C11H17N3S.2ClH.Co/c2*1-7(2)9-5-4-8(3)10(6-9)13-14-11(12)15;;;/h2*4,9H,1,5-6H2,2-3H3,(H3,12,14,15);2*1H;/q;;;;+2/p-2/b2*13-10+;;;. The van der Waals surface area contributed by atoms with Crippen LogP contribution in [0.2, 0.25) is 0 Å². The maximum absolute atomic E-state index is 5.33. The first-order valence-electron chi connectivity index (χ1n) is 9.90. The molecule has 33 heavy (non-hydrogen) atoms. The second-order valence-electron chi connectivity index (χ2n) is 7.81. The van der Waals surface area contributed by atoms with Crippen LogP contribution in [0, 0.1) is 11.8 Å². The van der Waals surface area contributed by atoms with Crippen LogP contribution >= 0.6 is 24.4 Å². The first-order valence-corrected chi connectivity index (χ1v) is 10.7. The maximum atomic E-state index is 5.33. The van der Waals surface area contributed by atoms with E-state index in [-0.39, 0.29) is 51.8 Å². The van der Waals surface area contributed by atoms with Crippen molar-refractivity contribution in [2.45, 2.75) is 53.4 Å². The molecule has 1 radical (unpaired) electrons.